The van der Waals surface area contributed by atoms with Crippen molar-refractivity contribution in [2.75, 3.05) is 5.32 Å². The quantitative estimate of drug-likeness (QED) is 0.907. The van der Waals surface area contributed by atoms with Crippen LogP contribution in [0, 0.1) is 11.3 Å². The van der Waals surface area contributed by atoms with Gasteiger partial charge in [0.2, 0.25) is 0 Å². The highest BCUT2D eigenvalue weighted by atomic mass is 79.9. The van der Waals surface area contributed by atoms with Crippen LogP contribution >= 0.6 is 27.5 Å². The maximum Gasteiger partial charge on any atom is 0.0992 e. The Morgan fingerprint density at radius 2 is 2.25 bits per heavy atom. The van der Waals surface area contributed by atoms with Crippen LogP contribution in [0.4, 0.5) is 5.69 Å². The topological polar surface area (TPSA) is 53.6 Å². The van der Waals surface area contributed by atoms with Crippen molar-refractivity contribution in [1.82, 2.24) is 9.78 Å². The van der Waals surface area contributed by atoms with Crippen molar-refractivity contribution in [1.29, 1.82) is 5.26 Å². The van der Waals surface area contributed by atoms with Crippen molar-refractivity contribution in [3.63, 3.8) is 0 Å². The molecule has 0 aliphatic rings. The number of hydrogen-bond donors (Lipinski definition) is 1. The molecular formula is C14H14BrClN4. The van der Waals surface area contributed by atoms with Crippen molar-refractivity contribution in [3.05, 3.63) is 44.6 Å². The Morgan fingerprint density at radius 3 is 2.85 bits per heavy atom. The largest absolute Gasteiger partial charge is 0.378 e. The van der Waals surface area contributed by atoms with E-state index in [0.717, 1.165) is 28.0 Å². The molecule has 20 heavy (non-hydrogen) atoms. The van der Waals surface area contributed by atoms with Crippen LogP contribution in [-0.2, 0) is 20.0 Å². The fraction of sp³-hybridized carbons (Fsp3) is 0.286. The van der Waals surface area contributed by atoms with Gasteiger partial charge in [-0.25, -0.2) is 0 Å². The second kappa shape index (κ2) is 6.29. The number of hydrogen-bond acceptors (Lipinski definition) is 3. The lowest BCUT2D eigenvalue weighted by atomic mass is 10.2. The second-order valence-corrected chi connectivity index (χ2v) is 5.54. The lowest BCUT2D eigenvalue weighted by Gasteiger charge is -2.09. The standard InChI is InChI=1S/C14H14BrClN4/c1-3-11-14(15)13(20(2)19-11)8-18-12-6-9(7-17)4-5-10(12)16/h4-6,18H,3,8H2,1-2H3. The van der Waals surface area contributed by atoms with E-state index in [1.54, 1.807) is 18.2 Å². The van der Waals surface area contributed by atoms with E-state index in [-0.39, 0.29) is 0 Å². The number of anilines is 1. The monoisotopic (exact) mass is 352 g/mol. The number of nitriles is 1. The van der Waals surface area contributed by atoms with Crippen LogP contribution in [-0.4, -0.2) is 9.78 Å². The molecule has 104 valence electrons. The average molecular weight is 354 g/mol. The van der Waals surface area contributed by atoms with Gasteiger partial charge in [-0.1, -0.05) is 18.5 Å². The molecule has 1 aromatic heterocycles. The Balaban J connectivity index is 2.21. The molecule has 0 amide bonds. The molecule has 0 aliphatic heterocycles. The van der Waals surface area contributed by atoms with Crippen molar-refractivity contribution < 1.29 is 0 Å². The third-order valence-corrected chi connectivity index (χ3v) is 4.29. The maximum absolute atomic E-state index is 8.92. The molecular weight excluding hydrogens is 340 g/mol. The summed E-state index contributed by atoms with van der Waals surface area (Å²) in [6.45, 7) is 2.65. The summed E-state index contributed by atoms with van der Waals surface area (Å²) < 4.78 is 2.86. The van der Waals surface area contributed by atoms with E-state index in [0.29, 0.717) is 17.1 Å². The molecule has 0 saturated heterocycles. The average Bonchev–Trinajstić information content (AvgIpc) is 2.73. The number of halogens is 2. The van der Waals surface area contributed by atoms with Gasteiger partial charge in [-0.3, -0.25) is 4.68 Å². The molecule has 0 saturated carbocycles. The fourth-order valence-electron chi connectivity index (χ4n) is 1.92. The molecule has 4 nitrogen and oxygen atoms in total. The number of nitrogens with zero attached hydrogens (tertiary/aromatic N) is 3. The summed E-state index contributed by atoms with van der Waals surface area (Å²) in [6, 6.07) is 7.26. The minimum atomic E-state index is 0.579. The highest BCUT2D eigenvalue weighted by Gasteiger charge is 2.12. The van der Waals surface area contributed by atoms with Gasteiger partial charge in [0.1, 0.15) is 0 Å². The first kappa shape index (κ1) is 14.9. The lowest BCUT2D eigenvalue weighted by molar-refractivity contribution is 0.706. The van der Waals surface area contributed by atoms with E-state index in [4.69, 9.17) is 16.9 Å². The summed E-state index contributed by atoms with van der Waals surface area (Å²) in [5.74, 6) is 0. The smallest absolute Gasteiger partial charge is 0.0992 e. The van der Waals surface area contributed by atoms with Gasteiger partial charge in [-0.15, -0.1) is 0 Å². The highest BCUT2D eigenvalue weighted by molar-refractivity contribution is 9.10. The minimum Gasteiger partial charge on any atom is -0.378 e. The molecule has 0 radical (unpaired) electrons. The number of rotatable bonds is 4. The number of aryl methyl sites for hydroxylation is 2. The van der Waals surface area contributed by atoms with Crippen molar-refractivity contribution >= 4 is 33.2 Å². The normalized spacial score (nSPS) is 10.3. The Bertz CT molecular complexity index is 673. The van der Waals surface area contributed by atoms with E-state index in [9.17, 15) is 0 Å². The molecule has 6 heteroatoms. The molecule has 0 bridgehead atoms. The first-order valence-corrected chi connectivity index (χ1v) is 7.37. The Hall–Kier alpha value is -1.51. The van der Waals surface area contributed by atoms with E-state index in [1.807, 2.05) is 11.7 Å². The number of aromatic nitrogens is 2. The fourth-order valence-corrected chi connectivity index (χ4v) is 2.86. The number of nitrogens with one attached hydrogen (secondary N) is 1. The van der Waals surface area contributed by atoms with Crippen LogP contribution in [0.1, 0.15) is 23.9 Å². The van der Waals surface area contributed by atoms with Crippen molar-refractivity contribution in [3.8, 4) is 6.07 Å². The highest BCUT2D eigenvalue weighted by Crippen LogP contribution is 2.26. The van der Waals surface area contributed by atoms with Gasteiger partial charge >= 0.3 is 0 Å². The Kier molecular flexibility index (Phi) is 4.69. The van der Waals surface area contributed by atoms with Crippen molar-refractivity contribution in [2.45, 2.75) is 19.9 Å². The minimum absolute atomic E-state index is 0.579. The summed E-state index contributed by atoms with van der Waals surface area (Å²) in [6.07, 6.45) is 0.874. The molecule has 0 aliphatic carbocycles. The molecule has 2 aromatic rings. The molecule has 0 unspecified atom stereocenters. The molecule has 0 atom stereocenters. The molecule has 2 rings (SSSR count). The predicted octanol–water partition coefficient (Wildman–Crippen LogP) is 3.88. The van der Waals surface area contributed by atoms with E-state index in [2.05, 4.69) is 39.3 Å². The first-order valence-electron chi connectivity index (χ1n) is 6.20. The first-order chi connectivity index (χ1) is 9.56. The third-order valence-electron chi connectivity index (χ3n) is 3.04. The predicted molar refractivity (Wildman–Crippen MR) is 83.8 cm³/mol. The molecule has 0 spiro atoms. The zero-order valence-corrected chi connectivity index (χ0v) is 13.6. The zero-order chi connectivity index (χ0) is 14.7. The van der Waals surface area contributed by atoms with E-state index >= 15 is 0 Å². The van der Waals surface area contributed by atoms with Gasteiger partial charge in [0, 0.05) is 7.05 Å². The summed E-state index contributed by atoms with van der Waals surface area (Å²) in [5, 5.41) is 17.2. The summed E-state index contributed by atoms with van der Waals surface area (Å²) in [7, 11) is 1.91. The van der Waals surface area contributed by atoms with Gasteiger partial charge in [0.05, 0.1) is 44.7 Å². The van der Waals surface area contributed by atoms with Gasteiger partial charge in [0.15, 0.2) is 0 Å². The Labute approximate surface area is 131 Å². The van der Waals surface area contributed by atoms with Crippen LogP contribution in [0.15, 0.2) is 22.7 Å². The van der Waals surface area contributed by atoms with Gasteiger partial charge in [0.25, 0.3) is 0 Å². The summed E-state index contributed by atoms with van der Waals surface area (Å²) in [4.78, 5) is 0. The van der Waals surface area contributed by atoms with Crippen molar-refractivity contribution in [2.24, 2.45) is 7.05 Å². The lowest BCUT2D eigenvalue weighted by Crippen LogP contribution is -2.06. The summed E-state index contributed by atoms with van der Waals surface area (Å²) >= 11 is 9.70. The summed E-state index contributed by atoms with van der Waals surface area (Å²) in [5.41, 5.74) is 3.40. The van der Waals surface area contributed by atoms with Gasteiger partial charge in [-0.2, -0.15) is 10.4 Å². The van der Waals surface area contributed by atoms with Crippen LogP contribution in [0.5, 0.6) is 0 Å². The maximum atomic E-state index is 8.92. The van der Waals surface area contributed by atoms with Crippen LogP contribution < -0.4 is 5.32 Å². The van der Waals surface area contributed by atoms with Crippen LogP contribution in [0.3, 0.4) is 0 Å². The second-order valence-electron chi connectivity index (χ2n) is 4.34. The van der Waals surface area contributed by atoms with E-state index in [1.165, 1.54) is 0 Å². The SMILES string of the molecule is CCc1nn(C)c(CNc2cc(C#N)ccc2Cl)c1Br. The molecule has 1 aromatic carbocycles. The Morgan fingerprint density at radius 1 is 1.50 bits per heavy atom. The van der Waals surface area contributed by atoms with Gasteiger partial charge < -0.3 is 5.32 Å². The van der Waals surface area contributed by atoms with Gasteiger partial charge in [-0.05, 0) is 40.5 Å². The third kappa shape index (κ3) is 2.97. The molecule has 1 N–H and O–H groups in total. The van der Waals surface area contributed by atoms with E-state index < -0.39 is 0 Å². The van der Waals surface area contributed by atoms with Crippen LogP contribution in [0.25, 0.3) is 0 Å². The number of benzene rings is 1. The molecule has 0 fully saturated rings. The van der Waals surface area contributed by atoms with Crippen LogP contribution in [0.2, 0.25) is 5.02 Å². The molecule has 1 heterocycles. The zero-order valence-electron chi connectivity index (χ0n) is 11.2.